The van der Waals surface area contributed by atoms with Gasteiger partial charge >= 0.3 is 116 Å². The molecule has 1 saturated carbocycles. The number of rotatable bonds is 4. The van der Waals surface area contributed by atoms with Crippen LogP contribution in [0.2, 0.25) is 11.9 Å². The van der Waals surface area contributed by atoms with Crippen LogP contribution in [-0.4, -0.2) is 36.0 Å². The number of hydrogen-bond donors (Lipinski definition) is 0. The fourth-order valence-corrected chi connectivity index (χ4v) is 18.3. The van der Waals surface area contributed by atoms with Crippen LogP contribution in [0.25, 0.3) is 0 Å². The Balaban J connectivity index is 2.33. The predicted molar refractivity (Wildman–Crippen MR) is 74.5 cm³/mol. The molecule has 4 heteroatoms. The third kappa shape index (κ3) is 2.06. The number of imide groups is 1. The molecule has 2 atom stereocenters. The molecule has 2 rings (SSSR count). The van der Waals surface area contributed by atoms with Gasteiger partial charge in [-0.25, -0.2) is 0 Å². The molecule has 0 aromatic carbocycles. The zero-order chi connectivity index (χ0) is 13.3. The van der Waals surface area contributed by atoms with E-state index in [0.717, 1.165) is 37.6 Å². The Labute approximate surface area is 115 Å². The van der Waals surface area contributed by atoms with Crippen LogP contribution in [-0.2, 0) is 9.59 Å². The molecule has 1 heterocycles. The van der Waals surface area contributed by atoms with Crippen molar-refractivity contribution in [1.29, 1.82) is 0 Å². The molecule has 2 aliphatic rings. The van der Waals surface area contributed by atoms with Crippen LogP contribution >= 0.6 is 0 Å². The van der Waals surface area contributed by atoms with Gasteiger partial charge < -0.3 is 0 Å². The first kappa shape index (κ1) is 14.5. The fraction of sp³-hybridized carbons (Fsp3) is 0.857. The van der Waals surface area contributed by atoms with E-state index in [1.165, 1.54) is 0 Å². The quantitative estimate of drug-likeness (QED) is 0.492. The molecule has 0 spiro atoms. The fourth-order valence-electron chi connectivity index (χ4n) is 3.85. The van der Waals surface area contributed by atoms with Gasteiger partial charge in [-0.2, -0.15) is 0 Å². The molecule has 0 bridgehead atoms. The van der Waals surface area contributed by atoms with E-state index in [0.29, 0.717) is 0 Å². The van der Waals surface area contributed by atoms with E-state index in [4.69, 9.17) is 0 Å². The van der Waals surface area contributed by atoms with Crippen LogP contribution in [0.5, 0.6) is 0 Å². The molecule has 0 radical (unpaired) electrons. The van der Waals surface area contributed by atoms with Gasteiger partial charge in [-0.15, -0.1) is 0 Å². The molecule has 0 aromatic heterocycles. The van der Waals surface area contributed by atoms with Gasteiger partial charge in [0.05, 0.1) is 0 Å². The molecular formula is C14H25NO2Pb. The van der Waals surface area contributed by atoms with Crippen molar-refractivity contribution < 1.29 is 9.59 Å². The topological polar surface area (TPSA) is 37.4 Å². The minimum atomic E-state index is -2.84. The summed E-state index contributed by atoms with van der Waals surface area (Å²) < 4.78 is 5.17. The third-order valence-electron chi connectivity index (χ3n) is 5.29. The van der Waals surface area contributed by atoms with Gasteiger partial charge in [0.15, 0.2) is 0 Å². The van der Waals surface area contributed by atoms with Crippen LogP contribution in [0.15, 0.2) is 0 Å². The summed E-state index contributed by atoms with van der Waals surface area (Å²) in [7, 11) is 0. The van der Waals surface area contributed by atoms with Gasteiger partial charge in [-0.05, 0) is 0 Å². The first-order valence-electron chi connectivity index (χ1n) is 7.49. The maximum absolute atomic E-state index is 12.6. The zero-order valence-corrected chi connectivity index (χ0v) is 15.8. The van der Waals surface area contributed by atoms with Crippen molar-refractivity contribution in [3.05, 3.63) is 0 Å². The summed E-state index contributed by atoms with van der Waals surface area (Å²) in [6.45, 7) is 6.57. The molecule has 0 N–H and O–H groups in total. The maximum atomic E-state index is 12.6. The van der Waals surface area contributed by atoms with Gasteiger partial charge in [-0.1, -0.05) is 0 Å². The second-order valence-corrected chi connectivity index (χ2v) is 25.3. The normalized spacial score (nSPS) is 28.7. The van der Waals surface area contributed by atoms with Crippen molar-refractivity contribution >= 4 is 33.3 Å². The second-order valence-electron chi connectivity index (χ2n) is 5.79. The molecule has 2 unspecified atom stereocenters. The molecule has 2 fully saturated rings. The van der Waals surface area contributed by atoms with Crippen molar-refractivity contribution in [3.8, 4) is 0 Å². The van der Waals surface area contributed by atoms with Crippen LogP contribution in [0.1, 0.15) is 46.5 Å². The average Bonchev–Trinajstić information content (AvgIpc) is 2.67. The van der Waals surface area contributed by atoms with Crippen molar-refractivity contribution in [3.63, 3.8) is 0 Å². The Morgan fingerprint density at radius 2 is 1.33 bits per heavy atom. The number of carbonyl (C=O) groups excluding carboxylic acids is 2. The first-order chi connectivity index (χ1) is 8.61. The summed E-state index contributed by atoms with van der Waals surface area (Å²) in [4.78, 5) is 25.3. The Bertz CT molecular complexity index is 319. The SMILES string of the molecule is C[CH2][Pb]([CH2]C)([CH2]C)[N]1C(=O)C2CCCCC2C1=O. The molecule has 3 nitrogen and oxygen atoms in total. The summed E-state index contributed by atoms with van der Waals surface area (Å²) in [5, 5.41) is 0. The van der Waals surface area contributed by atoms with E-state index in [1.54, 1.807) is 0 Å². The van der Waals surface area contributed by atoms with Gasteiger partial charge in [0, 0.05) is 0 Å². The molecule has 1 aliphatic heterocycles. The standard InChI is InChI=1S/C8H11NO2.3C2H5.Pb/c10-7-5-3-1-2-4-6(5)8(11)9-7;3*1-2;/h5-6H,1-4H2,(H,9,10,11);3*1H2,2H3;/q;;;;+1/p-1. The Hall–Kier alpha value is 0.0621. The van der Waals surface area contributed by atoms with Crippen LogP contribution in [0, 0.1) is 11.8 Å². The number of amides is 2. The van der Waals surface area contributed by atoms with E-state index >= 15 is 0 Å². The number of fused-ring (bicyclic) bond motifs is 1. The Kier molecular flexibility index (Phi) is 4.49. The number of carbonyl (C=O) groups is 2. The molecule has 1 aliphatic carbocycles. The molecule has 1 saturated heterocycles. The summed E-state index contributed by atoms with van der Waals surface area (Å²) >= 11 is -2.84. The van der Waals surface area contributed by atoms with E-state index in [1.807, 2.05) is 2.71 Å². The third-order valence-corrected chi connectivity index (χ3v) is 26.0. The predicted octanol–water partition coefficient (Wildman–Crippen LogP) is 3.17. The molecular weight excluding hydrogens is 421 g/mol. The molecule has 0 aromatic rings. The first-order valence-corrected chi connectivity index (χ1v) is 17.5. The minimum absolute atomic E-state index is 0.0512. The van der Waals surface area contributed by atoms with Crippen LogP contribution < -0.4 is 0 Å². The van der Waals surface area contributed by atoms with Gasteiger partial charge in [0.1, 0.15) is 0 Å². The summed E-state index contributed by atoms with van der Waals surface area (Å²) in [6, 6.07) is 0. The van der Waals surface area contributed by atoms with E-state index in [9.17, 15) is 9.59 Å². The van der Waals surface area contributed by atoms with Crippen molar-refractivity contribution in [2.24, 2.45) is 11.8 Å². The van der Waals surface area contributed by atoms with E-state index < -0.39 is 21.5 Å². The molecule has 18 heavy (non-hydrogen) atoms. The number of nitrogens with zero attached hydrogens (tertiary/aromatic N) is 1. The van der Waals surface area contributed by atoms with Gasteiger partial charge in [0.2, 0.25) is 0 Å². The summed E-state index contributed by atoms with van der Waals surface area (Å²) in [5.74, 6) is 0.541. The van der Waals surface area contributed by atoms with Crippen LogP contribution in [0.3, 0.4) is 0 Å². The average molecular weight is 447 g/mol. The van der Waals surface area contributed by atoms with Crippen molar-refractivity contribution in [1.82, 2.24) is 2.71 Å². The van der Waals surface area contributed by atoms with Crippen molar-refractivity contribution in [2.75, 3.05) is 0 Å². The van der Waals surface area contributed by atoms with E-state index in [2.05, 4.69) is 20.8 Å². The summed E-state index contributed by atoms with van der Waals surface area (Å²) in [5.41, 5.74) is 0. The zero-order valence-electron chi connectivity index (χ0n) is 11.9. The van der Waals surface area contributed by atoms with Gasteiger partial charge in [-0.3, -0.25) is 0 Å². The van der Waals surface area contributed by atoms with Crippen LogP contribution in [0.4, 0.5) is 0 Å². The second kappa shape index (κ2) is 5.59. The van der Waals surface area contributed by atoms with Gasteiger partial charge in [0.25, 0.3) is 0 Å². The number of hydrogen-bond acceptors (Lipinski definition) is 2. The Morgan fingerprint density at radius 3 is 1.67 bits per heavy atom. The Morgan fingerprint density at radius 1 is 0.944 bits per heavy atom. The van der Waals surface area contributed by atoms with E-state index in [-0.39, 0.29) is 23.7 Å². The van der Waals surface area contributed by atoms with Crippen molar-refractivity contribution in [2.45, 2.75) is 58.4 Å². The monoisotopic (exact) mass is 447 g/mol. The molecule has 2 amide bonds. The summed E-state index contributed by atoms with van der Waals surface area (Å²) in [6.07, 6.45) is 4.16. The molecule has 102 valence electrons.